The quantitative estimate of drug-likeness (QED) is 0.610. The predicted molar refractivity (Wildman–Crippen MR) is 103 cm³/mol. The number of amides is 2. The average molecular weight is 389 g/mol. The normalized spacial score (nSPS) is 11.0. The molecule has 0 unspecified atom stereocenters. The molecule has 0 saturated heterocycles. The van der Waals surface area contributed by atoms with E-state index in [2.05, 4.69) is 15.4 Å². The third-order valence-electron chi connectivity index (χ3n) is 3.75. The highest BCUT2D eigenvalue weighted by Gasteiger charge is 2.14. The Bertz CT molecular complexity index is 866. The van der Waals surface area contributed by atoms with Crippen molar-refractivity contribution in [2.75, 3.05) is 11.9 Å². The molecule has 0 atom stereocenters. The van der Waals surface area contributed by atoms with Gasteiger partial charge in [0.1, 0.15) is 0 Å². The average Bonchev–Trinajstić information content (AvgIpc) is 2.67. The minimum absolute atomic E-state index is 0.00270. The van der Waals surface area contributed by atoms with Gasteiger partial charge in [0, 0.05) is 31.6 Å². The number of sulfonamides is 1. The first-order valence-corrected chi connectivity index (χ1v) is 10.1. The predicted octanol–water partition coefficient (Wildman–Crippen LogP) is 2.02. The Morgan fingerprint density at radius 3 is 2.22 bits per heavy atom. The van der Waals surface area contributed by atoms with Gasteiger partial charge in [0.2, 0.25) is 21.8 Å². The van der Waals surface area contributed by atoms with Crippen LogP contribution in [0.5, 0.6) is 0 Å². The second-order valence-corrected chi connectivity index (χ2v) is 7.60. The smallest absolute Gasteiger partial charge is 0.240 e. The number of carbonyl (C=O) groups excluding carboxylic acids is 2. The number of nitrogens with one attached hydrogen (secondary N) is 3. The Kier molecular flexibility index (Phi) is 7.51. The van der Waals surface area contributed by atoms with Crippen LogP contribution >= 0.6 is 0 Å². The van der Waals surface area contributed by atoms with Crippen molar-refractivity contribution in [3.8, 4) is 0 Å². The summed E-state index contributed by atoms with van der Waals surface area (Å²) in [5, 5.41) is 5.39. The highest BCUT2D eigenvalue weighted by Crippen LogP contribution is 2.14. The number of benzene rings is 2. The van der Waals surface area contributed by atoms with E-state index in [0.717, 1.165) is 5.56 Å². The standard InChI is InChI=1S/C19H23N3O4S/c1-2-18(23)22-16-8-10-17(11-9-16)27(25,26)21-13-12-19(24)20-14-15-6-4-3-5-7-15/h3-11,21H,2,12-14H2,1H3,(H,20,24)(H,22,23). The van der Waals surface area contributed by atoms with Crippen molar-refractivity contribution in [3.05, 3.63) is 60.2 Å². The van der Waals surface area contributed by atoms with E-state index in [0.29, 0.717) is 18.7 Å². The summed E-state index contributed by atoms with van der Waals surface area (Å²) in [5.74, 6) is -0.385. The molecule has 0 aromatic heterocycles. The van der Waals surface area contributed by atoms with Gasteiger partial charge in [0.05, 0.1) is 4.90 Å². The van der Waals surface area contributed by atoms with Crippen LogP contribution in [0.3, 0.4) is 0 Å². The summed E-state index contributed by atoms with van der Waals surface area (Å²) in [6, 6.07) is 15.3. The molecule has 2 aromatic carbocycles. The largest absolute Gasteiger partial charge is 0.352 e. The van der Waals surface area contributed by atoms with Gasteiger partial charge in [-0.25, -0.2) is 13.1 Å². The number of hydrogen-bond donors (Lipinski definition) is 3. The van der Waals surface area contributed by atoms with Gasteiger partial charge in [0.15, 0.2) is 0 Å². The Labute approximate surface area is 159 Å². The Morgan fingerprint density at radius 1 is 0.926 bits per heavy atom. The summed E-state index contributed by atoms with van der Waals surface area (Å²) in [5.41, 5.74) is 1.50. The molecule has 0 aliphatic heterocycles. The topological polar surface area (TPSA) is 104 Å². The summed E-state index contributed by atoms with van der Waals surface area (Å²) in [4.78, 5) is 23.2. The van der Waals surface area contributed by atoms with Crippen LogP contribution < -0.4 is 15.4 Å². The minimum atomic E-state index is -3.72. The lowest BCUT2D eigenvalue weighted by atomic mass is 10.2. The number of hydrogen-bond acceptors (Lipinski definition) is 4. The molecular weight excluding hydrogens is 366 g/mol. The molecule has 0 saturated carbocycles. The molecule has 0 radical (unpaired) electrons. The third-order valence-corrected chi connectivity index (χ3v) is 5.22. The van der Waals surface area contributed by atoms with Gasteiger partial charge >= 0.3 is 0 Å². The van der Waals surface area contributed by atoms with Crippen molar-refractivity contribution in [3.63, 3.8) is 0 Å². The van der Waals surface area contributed by atoms with E-state index < -0.39 is 10.0 Å². The van der Waals surface area contributed by atoms with Crippen LogP contribution in [0.15, 0.2) is 59.5 Å². The van der Waals surface area contributed by atoms with Crippen LogP contribution in [-0.4, -0.2) is 26.8 Å². The van der Waals surface area contributed by atoms with E-state index in [9.17, 15) is 18.0 Å². The highest BCUT2D eigenvalue weighted by molar-refractivity contribution is 7.89. The van der Waals surface area contributed by atoms with Gasteiger partial charge in [-0.3, -0.25) is 9.59 Å². The highest BCUT2D eigenvalue weighted by atomic mass is 32.2. The molecule has 7 nitrogen and oxygen atoms in total. The van der Waals surface area contributed by atoms with Crippen LogP contribution in [0.25, 0.3) is 0 Å². The second-order valence-electron chi connectivity index (χ2n) is 5.84. The fourth-order valence-corrected chi connectivity index (χ4v) is 3.27. The molecule has 27 heavy (non-hydrogen) atoms. The van der Waals surface area contributed by atoms with Crippen LogP contribution in [-0.2, 0) is 26.2 Å². The lowest BCUT2D eigenvalue weighted by Crippen LogP contribution is -2.30. The summed E-state index contributed by atoms with van der Waals surface area (Å²) in [6.45, 7) is 2.13. The second kappa shape index (κ2) is 9.84. The maximum Gasteiger partial charge on any atom is 0.240 e. The van der Waals surface area contributed by atoms with Crippen LogP contribution in [0.2, 0.25) is 0 Å². The van der Waals surface area contributed by atoms with Gasteiger partial charge in [-0.15, -0.1) is 0 Å². The maximum atomic E-state index is 12.3. The SMILES string of the molecule is CCC(=O)Nc1ccc(S(=O)(=O)NCCC(=O)NCc2ccccc2)cc1. The molecule has 0 aliphatic rings. The van der Waals surface area contributed by atoms with Crippen molar-refractivity contribution in [1.82, 2.24) is 10.0 Å². The lowest BCUT2D eigenvalue weighted by molar-refractivity contribution is -0.121. The first-order valence-electron chi connectivity index (χ1n) is 8.61. The molecule has 8 heteroatoms. The fourth-order valence-electron chi connectivity index (χ4n) is 2.23. The zero-order valence-corrected chi connectivity index (χ0v) is 15.9. The summed E-state index contributed by atoms with van der Waals surface area (Å²) in [7, 11) is -3.72. The number of rotatable bonds is 9. The zero-order valence-electron chi connectivity index (χ0n) is 15.1. The molecule has 2 amide bonds. The van der Waals surface area contributed by atoms with Crippen LogP contribution in [0.1, 0.15) is 25.3 Å². The zero-order chi connectivity index (χ0) is 19.7. The van der Waals surface area contributed by atoms with E-state index in [1.54, 1.807) is 6.92 Å². The molecule has 0 fully saturated rings. The Balaban J connectivity index is 1.80. The van der Waals surface area contributed by atoms with Crippen LogP contribution in [0, 0.1) is 0 Å². The Hall–Kier alpha value is -2.71. The Morgan fingerprint density at radius 2 is 1.59 bits per heavy atom. The van der Waals surface area contributed by atoms with Gasteiger partial charge in [0.25, 0.3) is 0 Å². The van der Waals surface area contributed by atoms with Crippen molar-refractivity contribution in [2.45, 2.75) is 31.2 Å². The van der Waals surface area contributed by atoms with E-state index >= 15 is 0 Å². The van der Waals surface area contributed by atoms with Crippen molar-refractivity contribution in [2.24, 2.45) is 0 Å². The summed E-state index contributed by atoms with van der Waals surface area (Å²) in [6.07, 6.45) is 0.380. The van der Waals surface area contributed by atoms with Crippen LogP contribution in [0.4, 0.5) is 5.69 Å². The fraction of sp³-hybridized carbons (Fsp3) is 0.263. The summed E-state index contributed by atoms with van der Waals surface area (Å²) >= 11 is 0. The first kappa shape index (κ1) is 20.6. The molecule has 3 N–H and O–H groups in total. The molecular formula is C19H23N3O4S. The van der Waals surface area contributed by atoms with E-state index in [1.165, 1.54) is 24.3 Å². The van der Waals surface area contributed by atoms with Gasteiger partial charge in [-0.1, -0.05) is 37.3 Å². The lowest BCUT2D eigenvalue weighted by Gasteiger charge is -2.09. The summed E-state index contributed by atoms with van der Waals surface area (Å²) < 4.78 is 26.9. The number of carbonyl (C=O) groups is 2. The molecule has 0 aliphatic carbocycles. The monoisotopic (exact) mass is 389 g/mol. The van der Waals surface area contributed by atoms with Crippen molar-refractivity contribution < 1.29 is 18.0 Å². The molecule has 2 rings (SSSR count). The van der Waals surface area contributed by atoms with Gasteiger partial charge < -0.3 is 10.6 Å². The van der Waals surface area contributed by atoms with E-state index in [4.69, 9.17) is 0 Å². The maximum absolute atomic E-state index is 12.3. The third kappa shape index (κ3) is 6.84. The molecule has 0 bridgehead atoms. The molecule has 144 valence electrons. The van der Waals surface area contributed by atoms with Crippen molar-refractivity contribution in [1.29, 1.82) is 0 Å². The molecule has 0 heterocycles. The van der Waals surface area contributed by atoms with E-state index in [1.807, 2.05) is 30.3 Å². The number of anilines is 1. The molecule has 0 spiro atoms. The van der Waals surface area contributed by atoms with Gasteiger partial charge in [-0.2, -0.15) is 0 Å². The van der Waals surface area contributed by atoms with Crippen molar-refractivity contribution >= 4 is 27.5 Å². The minimum Gasteiger partial charge on any atom is -0.352 e. The van der Waals surface area contributed by atoms with E-state index in [-0.39, 0.29) is 29.7 Å². The van der Waals surface area contributed by atoms with Gasteiger partial charge in [-0.05, 0) is 29.8 Å². The first-order chi connectivity index (χ1) is 12.9. The molecule has 2 aromatic rings.